The molecule has 2 heteroatoms. The average molecular weight is 263 g/mol. The molecule has 0 heterocycles. The fourth-order valence-electron chi connectivity index (χ4n) is 2.17. The van der Waals surface area contributed by atoms with Gasteiger partial charge in [-0.1, -0.05) is 38.3 Å². The lowest BCUT2D eigenvalue weighted by molar-refractivity contribution is 0.206. The molecule has 0 aliphatic carbocycles. The molecule has 19 heavy (non-hydrogen) atoms. The van der Waals surface area contributed by atoms with Gasteiger partial charge in [0.25, 0.3) is 0 Å². The molecule has 2 unspecified atom stereocenters. The smallest absolute Gasteiger partial charge is 0.120 e. The minimum absolute atomic E-state index is 0.303. The fraction of sp³-hybridized carbons (Fsp3) is 0.647. The van der Waals surface area contributed by atoms with Gasteiger partial charge in [-0.3, -0.25) is 0 Å². The van der Waals surface area contributed by atoms with Gasteiger partial charge in [0.05, 0.1) is 6.10 Å². The molecule has 1 aromatic carbocycles. The number of hydrogen-bond donors (Lipinski definition) is 1. The van der Waals surface area contributed by atoms with Crippen molar-refractivity contribution in [2.75, 3.05) is 7.05 Å². The van der Waals surface area contributed by atoms with Gasteiger partial charge in [-0.25, -0.2) is 0 Å². The Morgan fingerprint density at radius 3 is 2.63 bits per heavy atom. The Labute approximate surface area is 118 Å². The van der Waals surface area contributed by atoms with Gasteiger partial charge in [0.15, 0.2) is 0 Å². The molecule has 1 N–H and O–H groups in total. The maximum Gasteiger partial charge on any atom is 0.120 e. The number of nitrogens with one attached hydrogen (secondary N) is 1. The normalized spacial score (nSPS) is 14.1. The van der Waals surface area contributed by atoms with Crippen molar-refractivity contribution >= 4 is 0 Å². The van der Waals surface area contributed by atoms with Crippen LogP contribution in [-0.2, 0) is 0 Å². The lowest BCUT2D eigenvalue weighted by atomic mass is 10.1. The van der Waals surface area contributed by atoms with E-state index in [0.717, 1.165) is 12.2 Å². The molecule has 0 saturated carbocycles. The molecule has 2 atom stereocenters. The van der Waals surface area contributed by atoms with Crippen molar-refractivity contribution in [3.05, 3.63) is 29.8 Å². The van der Waals surface area contributed by atoms with Crippen LogP contribution in [0.25, 0.3) is 0 Å². The number of ether oxygens (including phenoxy) is 1. The van der Waals surface area contributed by atoms with Crippen molar-refractivity contribution in [1.29, 1.82) is 0 Å². The first-order valence-electron chi connectivity index (χ1n) is 7.61. The minimum atomic E-state index is 0.303. The Hall–Kier alpha value is -1.02. The van der Waals surface area contributed by atoms with Gasteiger partial charge < -0.3 is 10.1 Å². The summed E-state index contributed by atoms with van der Waals surface area (Å²) in [7, 11) is 1.98. The van der Waals surface area contributed by atoms with E-state index < -0.39 is 0 Å². The molecule has 0 aliphatic rings. The Morgan fingerprint density at radius 2 is 1.95 bits per heavy atom. The lowest BCUT2D eigenvalue weighted by Crippen LogP contribution is -2.14. The van der Waals surface area contributed by atoms with Gasteiger partial charge >= 0.3 is 0 Å². The maximum absolute atomic E-state index is 6.00. The van der Waals surface area contributed by atoms with Gasteiger partial charge in [0.2, 0.25) is 0 Å². The van der Waals surface area contributed by atoms with Crippen LogP contribution >= 0.6 is 0 Å². The zero-order valence-electron chi connectivity index (χ0n) is 12.9. The molecule has 0 spiro atoms. The molecule has 0 saturated heterocycles. The van der Waals surface area contributed by atoms with E-state index >= 15 is 0 Å². The van der Waals surface area contributed by atoms with E-state index in [1.807, 2.05) is 7.05 Å². The molecule has 0 aliphatic heterocycles. The van der Waals surface area contributed by atoms with Crippen LogP contribution in [0.15, 0.2) is 24.3 Å². The first kappa shape index (κ1) is 16.0. The summed E-state index contributed by atoms with van der Waals surface area (Å²) in [5.41, 5.74) is 1.28. The lowest BCUT2D eigenvalue weighted by Gasteiger charge is -2.17. The summed E-state index contributed by atoms with van der Waals surface area (Å²) in [5, 5.41) is 3.25. The van der Waals surface area contributed by atoms with Gasteiger partial charge in [-0.2, -0.15) is 0 Å². The van der Waals surface area contributed by atoms with E-state index in [-0.39, 0.29) is 0 Å². The van der Waals surface area contributed by atoms with Gasteiger partial charge in [-0.05, 0) is 51.4 Å². The second kappa shape index (κ2) is 8.98. The molecule has 0 radical (unpaired) electrons. The molecule has 2 nitrogen and oxygen atoms in total. The second-order valence-corrected chi connectivity index (χ2v) is 5.36. The van der Waals surface area contributed by atoms with Crippen LogP contribution in [-0.4, -0.2) is 13.2 Å². The Kier molecular flexibility index (Phi) is 7.57. The van der Waals surface area contributed by atoms with Crippen LogP contribution in [0.2, 0.25) is 0 Å². The number of unbranched alkanes of at least 4 members (excludes halogenated alkanes) is 3. The van der Waals surface area contributed by atoms with Crippen molar-refractivity contribution in [1.82, 2.24) is 5.32 Å². The summed E-state index contributed by atoms with van der Waals surface area (Å²) in [6.45, 7) is 6.57. The number of hydrogen-bond acceptors (Lipinski definition) is 2. The highest BCUT2D eigenvalue weighted by atomic mass is 16.5. The largest absolute Gasteiger partial charge is 0.491 e. The highest BCUT2D eigenvalue weighted by Gasteiger charge is 2.07. The van der Waals surface area contributed by atoms with E-state index in [9.17, 15) is 0 Å². The van der Waals surface area contributed by atoms with E-state index in [4.69, 9.17) is 4.74 Å². The molecule has 0 bridgehead atoms. The van der Waals surface area contributed by atoms with E-state index in [1.165, 1.54) is 31.2 Å². The van der Waals surface area contributed by atoms with E-state index in [0.29, 0.717) is 12.1 Å². The van der Waals surface area contributed by atoms with Crippen molar-refractivity contribution in [3.8, 4) is 5.75 Å². The van der Waals surface area contributed by atoms with Crippen LogP contribution in [0.1, 0.15) is 64.5 Å². The number of benzene rings is 1. The SMILES string of the molecule is CCCCCCC(C)Oc1cccc(C(C)NC)c1. The Bertz CT molecular complexity index is 351. The summed E-state index contributed by atoms with van der Waals surface area (Å²) in [5.74, 6) is 0.989. The summed E-state index contributed by atoms with van der Waals surface area (Å²) < 4.78 is 6.00. The quantitative estimate of drug-likeness (QED) is 0.652. The highest BCUT2D eigenvalue weighted by molar-refractivity contribution is 5.30. The van der Waals surface area contributed by atoms with Crippen LogP contribution < -0.4 is 10.1 Å². The molecule has 108 valence electrons. The Morgan fingerprint density at radius 1 is 1.16 bits per heavy atom. The van der Waals surface area contributed by atoms with Gasteiger partial charge in [0, 0.05) is 6.04 Å². The van der Waals surface area contributed by atoms with Crippen molar-refractivity contribution in [3.63, 3.8) is 0 Å². The molecular weight excluding hydrogens is 234 g/mol. The third-order valence-electron chi connectivity index (χ3n) is 3.59. The minimum Gasteiger partial charge on any atom is -0.491 e. The molecule has 0 amide bonds. The topological polar surface area (TPSA) is 21.3 Å². The van der Waals surface area contributed by atoms with Crippen LogP contribution in [0, 0.1) is 0 Å². The predicted molar refractivity (Wildman–Crippen MR) is 82.8 cm³/mol. The van der Waals surface area contributed by atoms with Crippen LogP contribution in [0.3, 0.4) is 0 Å². The standard InChI is InChI=1S/C17H29NO/c1-5-6-7-8-10-14(2)19-17-12-9-11-16(13-17)15(3)18-4/h9,11-15,18H,5-8,10H2,1-4H3. The third kappa shape index (κ3) is 6.11. The van der Waals surface area contributed by atoms with Crippen molar-refractivity contribution < 1.29 is 4.74 Å². The summed E-state index contributed by atoms with van der Waals surface area (Å²) in [6, 6.07) is 8.77. The summed E-state index contributed by atoms with van der Waals surface area (Å²) in [4.78, 5) is 0. The van der Waals surface area contributed by atoms with E-state index in [2.05, 4.69) is 50.4 Å². The third-order valence-corrected chi connectivity index (χ3v) is 3.59. The number of rotatable bonds is 9. The zero-order chi connectivity index (χ0) is 14.1. The van der Waals surface area contributed by atoms with Crippen molar-refractivity contribution in [2.24, 2.45) is 0 Å². The first-order valence-corrected chi connectivity index (χ1v) is 7.61. The average Bonchev–Trinajstić information content (AvgIpc) is 2.43. The van der Waals surface area contributed by atoms with E-state index in [1.54, 1.807) is 0 Å². The first-order chi connectivity index (χ1) is 9.17. The molecular formula is C17H29NO. The summed E-state index contributed by atoms with van der Waals surface area (Å²) >= 11 is 0. The van der Waals surface area contributed by atoms with Crippen LogP contribution in [0.4, 0.5) is 0 Å². The molecule has 1 aromatic rings. The van der Waals surface area contributed by atoms with Crippen molar-refractivity contribution in [2.45, 2.75) is 65.0 Å². The predicted octanol–water partition coefficient (Wildman–Crippen LogP) is 4.70. The molecule has 0 aromatic heterocycles. The Balaban J connectivity index is 2.43. The highest BCUT2D eigenvalue weighted by Crippen LogP contribution is 2.21. The fourth-order valence-corrected chi connectivity index (χ4v) is 2.17. The maximum atomic E-state index is 6.00. The molecule has 1 rings (SSSR count). The second-order valence-electron chi connectivity index (χ2n) is 5.36. The monoisotopic (exact) mass is 263 g/mol. The van der Waals surface area contributed by atoms with Gasteiger partial charge in [-0.15, -0.1) is 0 Å². The summed E-state index contributed by atoms with van der Waals surface area (Å²) in [6.07, 6.45) is 6.66. The zero-order valence-corrected chi connectivity index (χ0v) is 12.9. The van der Waals surface area contributed by atoms with Gasteiger partial charge in [0.1, 0.15) is 5.75 Å². The van der Waals surface area contributed by atoms with Crippen LogP contribution in [0.5, 0.6) is 5.75 Å². The molecule has 0 fully saturated rings.